The number of anilines is 8. The number of fused-ring (bicyclic) bond motifs is 6. The Hall–Kier alpha value is -10.9. The lowest BCUT2D eigenvalue weighted by atomic mass is 9.73. The number of nitrogens with zero attached hydrogens (tertiary/aromatic N) is 24. The molecule has 22 heterocycles. The van der Waals surface area contributed by atoms with Crippen LogP contribution in [0.2, 0.25) is 5.15 Å². The average Bonchev–Trinajstić information content (AvgIpc) is 1.55. The molecule has 10 aromatic heterocycles. The first-order chi connectivity index (χ1) is 63.7. The largest absolute Gasteiger partial charge is 0.444 e. The number of pyridine rings is 3. The van der Waals surface area contributed by atoms with E-state index in [1.807, 2.05) is 131 Å². The number of halogens is 1. The molecular formula is C95H124ClN27O9. The van der Waals surface area contributed by atoms with Crippen LogP contribution in [0.4, 0.5) is 55.7 Å². The van der Waals surface area contributed by atoms with Gasteiger partial charge in [-0.3, -0.25) is 14.4 Å². The topological polar surface area (TPSA) is 368 Å². The molecule has 36 nitrogen and oxygen atoms in total. The molecule has 12 aliphatic rings. The van der Waals surface area contributed by atoms with Gasteiger partial charge in [-0.15, -0.1) is 10.2 Å². The maximum Gasteiger partial charge on any atom is 0.407 e. The smallest absolute Gasteiger partial charge is 0.407 e. The first-order valence-corrected chi connectivity index (χ1v) is 48.0. The third-order valence-electron chi connectivity index (χ3n) is 29.0. The van der Waals surface area contributed by atoms with E-state index in [0.717, 1.165) is 307 Å². The second-order valence-corrected chi connectivity index (χ2v) is 40.3. The number of aromatic nitrogens is 17. The van der Waals surface area contributed by atoms with Gasteiger partial charge in [0.25, 0.3) is 0 Å². The van der Waals surface area contributed by atoms with E-state index in [-0.39, 0.29) is 65.1 Å². The van der Waals surface area contributed by atoms with Crippen molar-refractivity contribution in [1.29, 1.82) is 0 Å². The van der Waals surface area contributed by atoms with Crippen molar-refractivity contribution in [2.45, 2.75) is 245 Å². The summed E-state index contributed by atoms with van der Waals surface area (Å²) in [6.45, 7) is 28.8. The molecule has 132 heavy (non-hydrogen) atoms. The van der Waals surface area contributed by atoms with Crippen molar-refractivity contribution in [3.63, 3.8) is 0 Å². The Labute approximate surface area is 774 Å². The van der Waals surface area contributed by atoms with Crippen LogP contribution in [0.25, 0.3) is 45.1 Å². The molecule has 2 amide bonds. The monoisotopic (exact) mass is 1820 g/mol. The molecule has 10 aromatic rings. The van der Waals surface area contributed by atoms with Gasteiger partial charge in [0.05, 0.1) is 138 Å². The molecule has 8 atom stereocenters. The Bertz CT molecular complexity index is 5930. The molecule has 700 valence electrons. The third-order valence-corrected chi connectivity index (χ3v) is 29.2. The first kappa shape index (κ1) is 89.0. The lowest BCUT2D eigenvalue weighted by molar-refractivity contribution is -0.0369. The van der Waals surface area contributed by atoms with Gasteiger partial charge in [-0.05, 0) is 226 Å². The average molecular weight is 1820 g/mol. The van der Waals surface area contributed by atoms with Gasteiger partial charge in [0.2, 0.25) is 0 Å². The molecule has 22 rings (SSSR count). The third kappa shape index (κ3) is 17.5. The molecule has 4 N–H and O–H groups in total. The Balaban J connectivity index is 0.000000125. The van der Waals surface area contributed by atoms with Crippen LogP contribution >= 0.6 is 11.6 Å². The number of nitrogens with two attached hydrogens (primary N) is 1. The van der Waals surface area contributed by atoms with Crippen molar-refractivity contribution in [2.24, 2.45) is 41.1 Å². The van der Waals surface area contributed by atoms with E-state index in [9.17, 15) is 9.59 Å². The lowest BCUT2D eigenvalue weighted by Gasteiger charge is -2.42. The molecule has 8 saturated heterocycles. The highest BCUT2D eigenvalue weighted by Crippen LogP contribution is 2.49. The zero-order valence-electron chi connectivity index (χ0n) is 77.8. The zero-order chi connectivity index (χ0) is 91.1. The summed E-state index contributed by atoms with van der Waals surface area (Å²) in [6, 6.07) is 16.2. The fourth-order valence-electron chi connectivity index (χ4n) is 21.8. The number of alkyl carbamates (subject to hydrolysis) is 2. The predicted octanol–water partition coefficient (Wildman–Crippen LogP) is 13.2. The molecule has 37 heteroatoms. The van der Waals surface area contributed by atoms with Gasteiger partial charge >= 0.3 is 12.2 Å². The van der Waals surface area contributed by atoms with Gasteiger partial charge in [-0.1, -0.05) is 11.6 Å². The van der Waals surface area contributed by atoms with Crippen molar-refractivity contribution < 1.29 is 42.7 Å². The van der Waals surface area contributed by atoms with Crippen LogP contribution in [0.3, 0.4) is 0 Å². The molecule has 0 radical (unpaired) electrons. The molecule has 0 bridgehead atoms. The maximum atomic E-state index is 12.8. The van der Waals surface area contributed by atoms with Gasteiger partial charge in [-0.25, -0.2) is 63.8 Å². The summed E-state index contributed by atoms with van der Waals surface area (Å²) < 4.78 is 49.4. The van der Waals surface area contributed by atoms with Crippen molar-refractivity contribution >= 4 is 98.1 Å². The highest BCUT2D eigenvalue weighted by molar-refractivity contribution is 6.29. The summed E-state index contributed by atoms with van der Waals surface area (Å²) in [5, 5.41) is 25.7. The van der Waals surface area contributed by atoms with Gasteiger partial charge in [0.15, 0.2) is 52.3 Å². The number of hydrogen-bond acceptors (Lipinski definition) is 30. The number of carbonyl (C=O) groups excluding carboxylic acids is 2. The summed E-state index contributed by atoms with van der Waals surface area (Å²) in [4.78, 5) is 89.1. The second kappa shape index (κ2) is 36.2. The summed E-state index contributed by atoms with van der Waals surface area (Å²) in [5.41, 5.74) is 20.1. The molecule has 8 fully saturated rings. The Kier molecular flexibility index (Phi) is 24.4. The van der Waals surface area contributed by atoms with Crippen LogP contribution < -0.4 is 45.8 Å². The summed E-state index contributed by atoms with van der Waals surface area (Å²) in [6.07, 6.45) is 25.2. The SMILES string of the molecule is C[C@@H]1OCC2(CCN(c3cnc4c(N5CCCc6nc(-c7ccnn7C)ccc65)nn(C5CCCCO5)c4n3)CC2)[C@@H]1NC(=O)OC(C)(C)C.C[C@@H]1OCC2(CCN(c3cnc4c(N5CCCc6nc(Cl)ccc65)nn(C5CCCCO5)c4n3)CC2)[C@@H]1NC(=O)OC(C)(C)C.C[C@@H]1OCC2(CCN(c3cnc4c(n3)CN=C4N3CCCc4nc(-c5ccnn5C)ccc43)CC2)[C@@H]1N. The Morgan fingerprint density at radius 1 is 0.477 bits per heavy atom. The quantitative estimate of drug-likeness (QED) is 0.101. The van der Waals surface area contributed by atoms with E-state index in [2.05, 4.69) is 86.4 Å². The number of hydrogen-bond donors (Lipinski definition) is 3. The van der Waals surface area contributed by atoms with E-state index in [1.54, 1.807) is 12.4 Å². The van der Waals surface area contributed by atoms with Crippen LogP contribution in [0.15, 0.2) is 84.5 Å². The fourth-order valence-corrected chi connectivity index (χ4v) is 22.0. The minimum absolute atomic E-state index is 0.0883. The molecule has 12 aliphatic heterocycles. The zero-order valence-corrected chi connectivity index (χ0v) is 78.6. The maximum absolute atomic E-state index is 12.8. The number of carbonyl (C=O) groups is 2. The van der Waals surface area contributed by atoms with Gasteiger partial charge in [0.1, 0.15) is 39.5 Å². The number of ether oxygens (including phenoxy) is 7. The van der Waals surface area contributed by atoms with E-state index in [0.29, 0.717) is 38.1 Å². The highest BCUT2D eigenvalue weighted by atomic mass is 35.5. The predicted molar refractivity (Wildman–Crippen MR) is 501 cm³/mol. The number of rotatable bonds is 11. The van der Waals surface area contributed by atoms with E-state index in [1.165, 1.54) is 0 Å². The van der Waals surface area contributed by atoms with E-state index < -0.39 is 23.4 Å². The van der Waals surface area contributed by atoms with Crippen molar-refractivity contribution in [2.75, 3.05) is 121 Å². The molecule has 3 spiro atoms. The fraction of sp³-hybridized carbons (Fsp3) is 0.600. The number of nitrogens with one attached hydrogen (secondary N) is 2. The first-order valence-electron chi connectivity index (χ1n) is 47.6. The Morgan fingerprint density at radius 3 is 1.34 bits per heavy atom. The standard InChI is InChI=1S/C36H48N10O4.C32H43ClN8O4.C27H33N9O/c1-23-31(41-34(47)50-35(2,3)4)36(22-49-23)14-18-44(19-15-36)28-21-37-30-32(40-28)46(29-10-6-7-20-48-29)42-33(30)45-17-8-9-24-27(45)12-11-25(39-24)26-13-16-38-43(26)5;1-20-27(37-30(42)45-31(2,3)4)32(19-44-20)12-15-39(16-13-32)24-18-34-26-28(36-24)41(25-9-5-6-17-43-25)38-29(26)40-14-7-8-21-22(40)10-11-23(33)35-21;1-17-25(28)27(16-37-17)8-12-35(13-9-27)23-15-29-24-20(33-23)14-30-26(24)36-11-3-4-18-22(36)6-5-19(32-18)21-7-10-31-34(21)2/h11-13,16,21,23,29,31H,6-10,14-15,17-20,22H2,1-5H3,(H,41,47);10-11,18,20,25,27H,5-9,12-17,19H2,1-4H3,(H,37,42);5-7,10,15,17,25H,3-4,8-9,11-14,16,28H2,1-2H3/t23-,29?,31+;20-,25?,27+;17-,25+/m000/s1. The highest BCUT2D eigenvalue weighted by Gasteiger charge is 2.54. The molecule has 0 aliphatic carbocycles. The van der Waals surface area contributed by atoms with Crippen molar-refractivity contribution in [3.05, 3.63) is 113 Å². The van der Waals surface area contributed by atoms with E-state index in [4.69, 9.17) is 106 Å². The minimum Gasteiger partial charge on any atom is -0.444 e. The van der Waals surface area contributed by atoms with Crippen molar-refractivity contribution in [3.8, 4) is 22.8 Å². The normalized spacial score (nSPS) is 24.4. The Morgan fingerprint density at radius 2 is 0.902 bits per heavy atom. The van der Waals surface area contributed by atoms with Crippen molar-refractivity contribution in [1.82, 2.24) is 94.6 Å². The summed E-state index contributed by atoms with van der Waals surface area (Å²) in [7, 11) is 3.88. The number of aryl methyl sites for hydroxylation is 5. The number of amides is 2. The van der Waals surface area contributed by atoms with Gasteiger partial charge in [0, 0.05) is 121 Å². The molecule has 0 aromatic carbocycles. The lowest BCUT2D eigenvalue weighted by Crippen LogP contribution is -2.55. The number of aliphatic imine (C=N–C) groups is 1. The number of amidine groups is 1. The summed E-state index contributed by atoms with van der Waals surface area (Å²) in [5.74, 6) is 5.04. The van der Waals surface area contributed by atoms with Gasteiger partial charge < -0.3 is 78.9 Å². The minimum atomic E-state index is -0.562. The molecule has 0 saturated carbocycles. The van der Waals surface area contributed by atoms with Gasteiger partial charge in [-0.2, -0.15) is 10.2 Å². The second-order valence-electron chi connectivity index (χ2n) is 39.9. The van der Waals surface area contributed by atoms with Crippen LogP contribution in [-0.2, 0) is 73.1 Å². The van der Waals surface area contributed by atoms with Crippen LogP contribution in [0.5, 0.6) is 0 Å². The van der Waals surface area contributed by atoms with Crippen LogP contribution in [0, 0.1) is 16.2 Å². The van der Waals surface area contributed by atoms with Crippen LogP contribution in [0.1, 0.15) is 200 Å². The molecule has 2 unspecified atom stereocenters. The summed E-state index contributed by atoms with van der Waals surface area (Å²) >= 11 is 6.24. The van der Waals surface area contributed by atoms with E-state index >= 15 is 0 Å². The number of piperidine rings is 3. The van der Waals surface area contributed by atoms with Crippen LogP contribution in [-0.4, -0.2) is 242 Å². The molecular weight excluding hydrogens is 1700 g/mol.